The van der Waals surface area contributed by atoms with Crippen LogP contribution in [-0.2, 0) is 6.42 Å². The Balaban J connectivity index is 2.28. The van der Waals surface area contributed by atoms with Crippen molar-refractivity contribution in [1.82, 2.24) is 0 Å². The Bertz CT molecular complexity index is 572. The van der Waals surface area contributed by atoms with E-state index in [1.54, 1.807) is 0 Å². The summed E-state index contributed by atoms with van der Waals surface area (Å²) in [4.78, 5) is 0. The van der Waals surface area contributed by atoms with E-state index in [4.69, 9.17) is 22.1 Å². The second kappa shape index (κ2) is 6.42. The maximum Gasteiger partial charge on any atom is 0.130 e. The molecule has 0 heterocycles. The first kappa shape index (κ1) is 14.4. The number of benzene rings is 2. The second-order valence-corrected chi connectivity index (χ2v) is 5.85. The van der Waals surface area contributed by atoms with Gasteiger partial charge in [0.25, 0.3) is 0 Å². The summed E-state index contributed by atoms with van der Waals surface area (Å²) in [6.45, 7) is 1.96. The highest BCUT2D eigenvalue weighted by Gasteiger charge is 2.08. The molecule has 0 aliphatic heterocycles. The van der Waals surface area contributed by atoms with E-state index in [0.29, 0.717) is 5.02 Å². The van der Waals surface area contributed by atoms with Crippen LogP contribution in [0.4, 0.5) is 0 Å². The minimum atomic E-state index is 0.0586. The summed E-state index contributed by atoms with van der Waals surface area (Å²) in [5.74, 6) is 1.57. The van der Waals surface area contributed by atoms with Gasteiger partial charge in [-0.3, -0.25) is 0 Å². The van der Waals surface area contributed by atoms with Gasteiger partial charge in [0, 0.05) is 15.5 Å². The molecular formula is C15H15BrClNO. The van der Waals surface area contributed by atoms with Crippen molar-refractivity contribution in [2.75, 3.05) is 0 Å². The zero-order chi connectivity index (χ0) is 13.8. The molecule has 2 rings (SSSR count). The Kier molecular flexibility index (Phi) is 4.86. The molecule has 1 atom stereocenters. The third kappa shape index (κ3) is 4.23. The highest BCUT2D eigenvalue weighted by molar-refractivity contribution is 9.10. The van der Waals surface area contributed by atoms with Gasteiger partial charge < -0.3 is 10.5 Å². The average molecular weight is 341 g/mol. The SMILES string of the molecule is CC(N)Cc1cc(Cl)ccc1Oc1cccc(Br)c1. The Morgan fingerprint density at radius 1 is 1.26 bits per heavy atom. The lowest BCUT2D eigenvalue weighted by Crippen LogP contribution is -2.18. The maximum absolute atomic E-state index is 6.02. The van der Waals surface area contributed by atoms with Crippen LogP contribution < -0.4 is 10.5 Å². The topological polar surface area (TPSA) is 35.2 Å². The average Bonchev–Trinajstić information content (AvgIpc) is 2.32. The van der Waals surface area contributed by atoms with Gasteiger partial charge in [-0.05, 0) is 55.3 Å². The van der Waals surface area contributed by atoms with Crippen molar-refractivity contribution >= 4 is 27.5 Å². The van der Waals surface area contributed by atoms with Crippen molar-refractivity contribution in [2.45, 2.75) is 19.4 Å². The van der Waals surface area contributed by atoms with Gasteiger partial charge in [-0.25, -0.2) is 0 Å². The summed E-state index contributed by atoms with van der Waals surface area (Å²) >= 11 is 9.45. The first-order valence-corrected chi connectivity index (χ1v) is 7.19. The lowest BCUT2D eigenvalue weighted by molar-refractivity contribution is 0.473. The van der Waals surface area contributed by atoms with Gasteiger partial charge in [-0.15, -0.1) is 0 Å². The zero-order valence-corrected chi connectivity index (χ0v) is 12.9. The van der Waals surface area contributed by atoms with E-state index in [2.05, 4.69) is 15.9 Å². The number of hydrogen-bond donors (Lipinski definition) is 1. The molecular weight excluding hydrogens is 326 g/mol. The van der Waals surface area contributed by atoms with Crippen LogP contribution >= 0.6 is 27.5 Å². The van der Waals surface area contributed by atoms with E-state index < -0.39 is 0 Å². The number of halogens is 2. The Labute approximate surface area is 126 Å². The minimum Gasteiger partial charge on any atom is -0.457 e. The largest absolute Gasteiger partial charge is 0.457 e. The molecule has 100 valence electrons. The molecule has 1 unspecified atom stereocenters. The van der Waals surface area contributed by atoms with E-state index in [-0.39, 0.29) is 6.04 Å². The highest BCUT2D eigenvalue weighted by atomic mass is 79.9. The lowest BCUT2D eigenvalue weighted by atomic mass is 10.1. The third-order valence-electron chi connectivity index (χ3n) is 2.59. The van der Waals surface area contributed by atoms with E-state index in [1.807, 2.05) is 49.4 Å². The van der Waals surface area contributed by atoms with Crippen molar-refractivity contribution in [2.24, 2.45) is 5.73 Å². The molecule has 2 aromatic rings. The first-order valence-electron chi connectivity index (χ1n) is 6.02. The number of nitrogens with two attached hydrogens (primary N) is 1. The fraction of sp³-hybridized carbons (Fsp3) is 0.200. The van der Waals surface area contributed by atoms with Gasteiger partial charge in [-0.1, -0.05) is 33.6 Å². The van der Waals surface area contributed by atoms with Crippen LogP contribution in [0.1, 0.15) is 12.5 Å². The highest BCUT2D eigenvalue weighted by Crippen LogP contribution is 2.30. The number of ether oxygens (including phenoxy) is 1. The van der Waals surface area contributed by atoms with E-state index in [1.165, 1.54) is 0 Å². The Hall–Kier alpha value is -1.03. The Morgan fingerprint density at radius 2 is 2.05 bits per heavy atom. The predicted molar refractivity (Wildman–Crippen MR) is 83.0 cm³/mol. The summed E-state index contributed by atoms with van der Waals surface area (Å²) in [7, 11) is 0. The summed E-state index contributed by atoms with van der Waals surface area (Å²) in [5, 5.41) is 0.692. The lowest BCUT2D eigenvalue weighted by Gasteiger charge is -2.13. The molecule has 0 fully saturated rings. The van der Waals surface area contributed by atoms with Crippen molar-refractivity contribution in [3.05, 3.63) is 57.5 Å². The molecule has 0 bridgehead atoms. The molecule has 2 nitrogen and oxygen atoms in total. The number of hydrogen-bond acceptors (Lipinski definition) is 2. The first-order chi connectivity index (χ1) is 9.04. The van der Waals surface area contributed by atoms with Gasteiger partial charge in [0.05, 0.1) is 0 Å². The standard InChI is InChI=1S/C15H15BrClNO/c1-10(18)7-11-8-13(17)5-6-15(11)19-14-4-2-3-12(16)9-14/h2-6,8-10H,7,18H2,1H3. The third-order valence-corrected chi connectivity index (χ3v) is 3.32. The van der Waals surface area contributed by atoms with Crippen molar-refractivity contribution in [1.29, 1.82) is 0 Å². The monoisotopic (exact) mass is 339 g/mol. The summed E-state index contributed by atoms with van der Waals surface area (Å²) in [5.41, 5.74) is 6.87. The smallest absolute Gasteiger partial charge is 0.130 e. The number of rotatable bonds is 4. The molecule has 0 spiro atoms. The van der Waals surface area contributed by atoms with E-state index >= 15 is 0 Å². The van der Waals surface area contributed by atoms with Crippen LogP contribution in [0.15, 0.2) is 46.9 Å². The molecule has 2 N–H and O–H groups in total. The van der Waals surface area contributed by atoms with Crippen LogP contribution in [0.5, 0.6) is 11.5 Å². The summed E-state index contributed by atoms with van der Waals surface area (Å²) < 4.78 is 6.88. The fourth-order valence-electron chi connectivity index (χ4n) is 1.81. The molecule has 0 radical (unpaired) electrons. The van der Waals surface area contributed by atoms with E-state index in [0.717, 1.165) is 28.0 Å². The van der Waals surface area contributed by atoms with Gasteiger partial charge in [-0.2, -0.15) is 0 Å². The predicted octanol–water partition coefficient (Wildman–Crippen LogP) is 4.78. The van der Waals surface area contributed by atoms with Crippen molar-refractivity contribution in [3.8, 4) is 11.5 Å². The molecule has 0 amide bonds. The fourth-order valence-corrected chi connectivity index (χ4v) is 2.38. The zero-order valence-electron chi connectivity index (χ0n) is 10.6. The van der Waals surface area contributed by atoms with E-state index in [9.17, 15) is 0 Å². The summed E-state index contributed by atoms with van der Waals surface area (Å²) in [6, 6.07) is 13.4. The van der Waals surface area contributed by atoms with Gasteiger partial charge >= 0.3 is 0 Å². The molecule has 0 aliphatic carbocycles. The molecule has 2 aromatic carbocycles. The molecule has 0 aliphatic rings. The van der Waals surface area contributed by atoms with Crippen molar-refractivity contribution in [3.63, 3.8) is 0 Å². The minimum absolute atomic E-state index is 0.0586. The quantitative estimate of drug-likeness (QED) is 0.869. The maximum atomic E-state index is 6.02. The molecule has 19 heavy (non-hydrogen) atoms. The van der Waals surface area contributed by atoms with Gasteiger partial charge in [0.15, 0.2) is 0 Å². The molecule has 0 aromatic heterocycles. The van der Waals surface area contributed by atoms with Crippen LogP contribution in [-0.4, -0.2) is 6.04 Å². The molecule has 4 heteroatoms. The van der Waals surface area contributed by atoms with Crippen LogP contribution in [0.25, 0.3) is 0 Å². The molecule has 0 saturated heterocycles. The van der Waals surface area contributed by atoms with Gasteiger partial charge in [0.2, 0.25) is 0 Å². The van der Waals surface area contributed by atoms with Crippen LogP contribution in [0.3, 0.4) is 0 Å². The van der Waals surface area contributed by atoms with Crippen molar-refractivity contribution < 1.29 is 4.74 Å². The van der Waals surface area contributed by atoms with Gasteiger partial charge in [0.1, 0.15) is 11.5 Å². The normalized spacial score (nSPS) is 12.2. The van der Waals surface area contributed by atoms with Crippen LogP contribution in [0, 0.1) is 0 Å². The van der Waals surface area contributed by atoms with Crippen LogP contribution in [0.2, 0.25) is 5.02 Å². The Morgan fingerprint density at radius 3 is 2.74 bits per heavy atom. The summed E-state index contributed by atoms with van der Waals surface area (Å²) in [6.07, 6.45) is 0.726. The molecule has 0 saturated carbocycles. The second-order valence-electron chi connectivity index (χ2n) is 4.49.